The molecule has 0 spiro atoms. The molecule has 0 aromatic heterocycles. The van der Waals surface area contributed by atoms with E-state index < -0.39 is 35.7 Å². The predicted octanol–water partition coefficient (Wildman–Crippen LogP) is 7.09. The summed E-state index contributed by atoms with van der Waals surface area (Å²) in [5.41, 5.74) is -0.127. The number of esters is 2. The molecule has 0 unspecified atom stereocenters. The molecule has 7 nitrogen and oxygen atoms in total. The first-order chi connectivity index (χ1) is 19.2. The van der Waals surface area contributed by atoms with Crippen LogP contribution in [0.15, 0.2) is 23.8 Å². The molecule has 1 saturated heterocycles. The molecule has 4 rings (SSSR count). The van der Waals surface area contributed by atoms with Crippen molar-refractivity contribution >= 4 is 18.0 Å². The van der Waals surface area contributed by atoms with Crippen LogP contribution in [0, 0.1) is 41.4 Å². The minimum absolute atomic E-state index is 0.153. The van der Waals surface area contributed by atoms with Crippen molar-refractivity contribution in [3.8, 4) is 0 Å². The summed E-state index contributed by atoms with van der Waals surface area (Å²) < 4.78 is 18.1. The molecule has 9 atom stereocenters. The van der Waals surface area contributed by atoms with Crippen LogP contribution in [0.4, 0.5) is 4.79 Å². The number of rotatable bonds is 6. The monoisotopic (exact) mass is 571 g/mol. The van der Waals surface area contributed by atoms with Crippen LogP contribution >= 0.6 is 0 Å². The topological polar surface area (TPSA) is 82.1 Å². The predicted molar refractivity (Wildman–Crippen MR) is 159 cm³/mol. The highest BCUT2D eigenvalue weighted by atomic mass is 16.6. The summed E-state index contributed by atoms with van der Waals surface area (Å²) in [6.07, 6.45) is 10.4. The summed E-state index contributed by atoms with van der Waals surface area (Å²) in [5, 5.41) is 0. The summed E-state index contributed by atoms with van der Waals surface area (Å²) in [5.74, 6) is 0.825. The van der Waals surface area contributed by atoms with Gasteiger partial charge in [0.05, 0.1) is 12.1 Å². The first-order valence-electron chi connectivity index (χ1n) is 16.0. The second-order valence-corrected chi connectivity index (χ2v) is 14.9. The number of hydrogen-bond acceptors (Lipinski definition) is 6. The quantitative estimate of drug-likeness (QED) is 0.146. The smallest absolute Gasteiger partial charge is 0.411 e. The van der Waals surface area contributed by atoms with Crippen molar-refractivity contribution in [1.29, 1.82) is 0 Å². The van der Waals surface area contributed by atoms with Gasteiger partial charge in [0, 0.05) is 6.08 Å². The number of amides is 1. The van der Waals surface area contributed by atoms with Crippen molar-refractivity contribution in [2.75, 3.05) is 0 Å². The van der Waals surface area contributed by atoms with Gasteiger partial charge < -0.3 is 14.2 Å². The Kier molecular flexibility index (Phi) is 9.65. The first-order valence-corrected chi connectivity index (χ1v) is 16.0. The molecule has 2 aliphatic heterocycles. The van der Waals surface area contributed by atoms with E-state index in [9.17, 15) is 14.4 Å². The lowest BCUT2D eigenvalue weighted by Crippen LogP contribution is -2.43. The molecular weight excluding hydrogens is 518 g/mol. The molecule has 3 fully saturated rings. The Morgan fingerprint density at radius 3 is 1.90 bits per heavy atom. The van der Waals surface area contributed by atoms with Gasteiger partial charge in [0.2, 0.25) is 0 Å². The second kappa shape index (κ2) is 12.5. The number of fused-ring (bicyclic) bond motifs is 2. The van der Waals surface area contributed by atoms with E-state index in [2.05, 4.69) is 41.5 Å². The fourth-order valence-electron chi connectivity index (χ4n) is 7.56. The van der Waals surface area contributed by atoms with E-state index in [4.69, 9.17) is 14.2 Å². The summed E-state index contributed by atoms with van der Waals surface area (Å²) in [4.78, 5) is 42.3. The molecule has 0 aromatic rings. The van der Waals surface area contributed by atoms with Gasteiger partial charge in [-0.2, -0.15) is 0 Å². The zero-order chi connectivity index (χ0) is 30.2. The van der Waals surface area contributed by atoms with Gasteiger partial charge in [-0.05, 0) is 87.5 Å². The lowest BCUT2D eigenvalue weighted by molar-refractivity contribution is -0.160. The van der Waals surface area contributed by atoms with Crippen molar-refractivity contribution in [2.24, 2.45) is 41.4 Å². The lowest BCUT2D eigenvalue weighted by atomic mass is 9.75. The van der Waals surface area contributed by atoms with Crippen LogP contribution < -0.4 is 0 Å². The SMILES string of the molecule is CC(C)[C@@H]1CC[C@@H](C)C[C@H]1OC(=O)/C=C1/[C@H]2C=C[C@@H]([C@H]1C(=O)O[C@@H]1C[C@H](C)CC[C@H]1C(C)C)N2C(=O)OC(C)(C)C. The molecule has 0 radical (unpaired) electrons. The minimum atomic E-state index is -0.763. The van der Waals surface area contributed by atoms with Crippen molar-refractivity contribution in [3.63, 3.8) is 0 Å². The maximum atomic E-state index is 14.0. The zero-order valence-corrected chi connectivity index (χ0v) is 26.7. The largest absolute Gasteiger partial charge is 0.462 e. The molecule has 7 heteroatoms. The third-order valence-electron chi connectivity index (χ3n) is 9.75. The van der Waals surface area contributed by atoms with Crippen molar-refractivity contribution < 1.29 is 28.6 Å². The molecule has 4 aliphatic rings. The zero-order valence-electron chi connectivity index (χ0n) is 26.7. The molecule has 2 bridgehead atoms. The van der Waals surface area contributed by atoms with Gasteiger partial charge in [0.1, 0.15) is 23.7 Å². The van der Waals surface area contributed by atoms with E-state index in [-0.39, 0.29) is 18.2 Å². The average molecular weight is 572 g/mol. The summed E-state index contributed by atoms with van der Waals surface area (Å²) in [6.45, 7) is 18.6. The number of carbonyl (C=O) groups is 3. The highest BCUT2D eigenvalue weighted by molar-refractivity contribution is 5.89. The van der Waals surface area contributed by atoms with E-state index in [0.717, 1.165) is 38.5 Å². The van der Waals surface area contributed by atoms with E-state index in [1.807, 2.05) is 32.9 Å². The van der Waals surface area contributed by atoms with Gasteiger partial charge in [-0.1, -0.05) is 66.5 Å². The van der Waals surface area contributed by atoms with E-state index in [1.54, 1.807) is 4.90 Å². The number of nitrogens with zero attached hydrogens (tertiary/aromatic N) is 1. The Morgan fingerprint density at radius 1 is 0.854 bits per heavy atom. The molecule has 0 N–H and O–H groups in total. The third-order valence-corrected chi connectivity index (χ3v) is 9.75. The molecule has 2 aliphatic carbocycles. The molecule has 2 saturated carbocycles. The van der Waals surface area contributed by atoms with Gasteiger partial charge in [-0.25, -0.2) is 9.59 Å². The molecule has 230 valence electrons. The van der Waals surface area contributed by atoms with Gasteiger partial charge in [0.25, 0.3) is 0 Å². The highest BCUT2D eigenvalue weighted by Gasteiger charge is 2.54. The Balaban J connectivity index is 1.61. The average Bonchev–Trinajstić information content (AvgIpc) is 3.39. The van der Waals surface area contributed by atoms with Crippen LogP contribution in [0.1, 0.15) is 101 Å². The molecular formula is C34H53NO6. The number of hydrogen-bond donors (Lipinski definition) is 0. The van der Waals surface area contributed by atoms with Crippen molar-refractivity contribution in [1.82, 2.24) is 4.90 Å². The highest BCUT2D eigenvalue weighted by Crippen LogP contribution is 2.44. The Bertz CT molecular complexity index is 1040. The number of carbonyl (C=O) groups excluding carboxylic acids is 3. The van der Waals surface area contributed by atoms with Gasteiger partial charge in [0.15, 0.2) is 0 Å². The Morgan fingerprint density at radius 2 is 1.39 bits per heavy atom. The third kappa shape index (κ3) is 7.19. The summed E-state index contributed by atoms with van der Waals surface area (Å²) in [7, 11) is 0. The van der Waals surface area contributed by atoms with Gasteiger partial charge in [-0.3, -0.25) is 9.69 Å². The number of ether oxygens (including phenoxy) is 3. The van der Waals surface area contributed by atoms with Crippen LogP contribution in [0.2, 0.25) is 0 Å². The van der Waals surface area contributed by atoms with Crippen LogP contribution in [0.5, 0.6) is 0 Å². The van der Waals surface area contributed by atoms with Crippen LogP contribution in [-0.4, -0.2) is 52.8 Å². The minimum Gasteiger partial charge on any atom is -0.462 e. The maximum Gasteiger partial charge on any atom is 0.411 e. The van der Waals surface area contributed by atoms with Crippen LogP contribution in [0.3, 0.4) is 0 Å². The normalized spacial score (nSPS) is 36.2. The van der Waals surface area contributed by atoms with Gasteiger partial charge >= 0.3 is 18.0 Å². The van der Waals surface area contributed by atoms with Gasteiger partial charge in [-0.15, -0.1) is 0 Å². The Hall–Kier alpha value is -2.31. The van der Waals surface area contributed by atoms with E-state index in [1.165, 1.54) is 6.08 Å². The fourth-order valence-corrected chi connectivity index (χ4v) is 7.56. The standard InChI is InChI=1S/C34H53NO6/c1-19(2)23-12-10-21(5)16-28(23)39-30(36)18-25-26-14-15-27(35(26)33(38)41-34(7,8)9)31(25)32(37)40-29-17-22(6)11-13-24(29)20(3)4/h14-15,18-24,26-29,31H,10-13,16-17H2,1-9H3/b25-18-/t21-,22-,23+,24+,26-,27+,28-,29-,31+/m1/s1. The first kappa shape index (κ1) is 31.6. The summed E-state index contributed by atoms with van der Waals surface area (Å²) >= 11 is 0. The maximum absolute atomic E-state index is 14.0. The lowest BCUT2D eigenvalue weighted by Gasteiger charge is -2.37. The Labute approximate surface area is 247 Å². The van der Waals surface area contributed by atoms with E-state index >= 15 is 0 Å². The van der Waals surface area contributed by atoms with E-state index in [0.29, 0.717) is 41.1 Å². The fraction of sp³-hybridized carbons (Fsp3) is 0.794. The molecule has 0 aromatic carbocycles. The van der Waals surface area contributed by atoms with Crippen molar-refractivity contribution in [2.45, 2.75) is 131 Å². The molecule has 2 heterocycles. The molecule has 41 heavy (non-hydrogen) atoms. The van der Waals surface area contributed by atoms with Crippen LogP contribution in [0.25, 0.3) is 0 Å². The van der Waals surface area contributed by atoms with Crippen molar-refractivity contribution in [3.05, 3.63) is 23.8 Å². The molecule has 1 amide bonds. The second-order valence-electron chi connectivity index (χ2n) is 14.9. The van der Waals surface area contributed by atoms with Crippen LogP contribution in [-0.2, 0) is 23.8 Å². The summed E-state index contributed by atoms with van der Waals surface area (Å²) in [6, 6.07) is -1.10.